The number of urea groups is 1. The van der Waals surface area contributed by atoms with Gasteiger partial charge in [0.15, 0.2) is 0 Å². The number of amides is 4. The van der Waals surface area contributed by atoms with Crippen molar-refractivity contribution in [3.05, 3.63) is 21.9 Å². The molecule has 3 atom stereocenters. The Morgan fingerprint density at radius 1 is 1.18 bits per heavy atom. The molecule has 7 heteroatoms. The first-order valence-electron chi connectivity index (χ1n) is 10.6. The zero-order chi connectivity index (χ0) is 19.3. The average Bonchev–Trinajstić information content (AvgIpc) is 3.28. The van der Waals surface area contributed by atoms with E-state index >= 15 is 0 Å². The second-order valence-corrected chi connectivity index (χ2v) is 9.77. The second-order valence-electron chi connectivity index (χ2n) is 8.77. The Balaban J connectivity index is 1.30. The third-order valence-electron chi connectivity index (χ3n) is 7.27. The van der Waals surface area contributed by atoms with Gasteiger partial charge in [-0.25, -0.2) is 4.79 Å². The number of carbonyl (C=O) groups excluding carboxylic acids is 3. The number of fused-ring (bicyclic) bond motifs is 3. The number of hydrogen-bond acceptors (Lipinski definition) is 4. The van der Waals surface area contributed by atoms with Crippen molar-refractivity contribution in [3.63, 3.8) is 0 Å². The summed E-state index contributed by atoms with van der Waals surface area (Å²) in [6.45, 7) is 1.40. The van der Waals surface area contributed by atoms with Gasteiger partial charge in [-0.15, -0.1) is 11.3 Å². The molecular weight excluding hydrogens is 374 g/mol. The number of thiophene rings is 1. The molecule has 2 aliphatic heterocycles. The lowest BCUT2D eigenvalue weighted by Crippen LogP contribution is -2.50. The minimum Gasteiger partial charge on any atom is -0.341 e. The van der Waals surface area contributed by atoms with E-state index in [0.29, 0.717) is 12.3 Å². The molecule has 0 radical (unpaired) electrons. The first kappa shape index (κ1) is 18.2. The zero-order valence-electron chi connectivity index (χ0n) is 16.1. The Bertz CT molecular complexity index is 822. The first-order chi connectivity index (χ1) is 13.6. The summed E-state index contributed by atoms with van der Waals surface area (Å²) in [5.41, 5.74) is -0.0264. The summed E-state index contributed by atoms with van der Waals surface area (Å²) in [5.74, 6) is 0.994. The molecule has 0 aromatic carbocycles. The second kappa shape index (κ2) is 6.87. The molecule has 3 heterocycles. The SMILES string of the molecule is O=C(CN1C(=O)N[C@]2(CCCc3sccc32)C1=O)N1CC[C@@H]2CCCC[C@@H]2C1. The molecule has 1 aromatic heterocycles. The van der Waals surface area contributed by atoms with Gasteiger partial charge >= 0.3 is 6.03 Å². The van der Waals surface area contributed by atoms with E-state index in [1.165, 1.54) is 30.6 Å². The van der Waals surface area contributed by atoms with Gasteiger partial charge in [-0.3, -0.25) is 14.5 Å². The highest BCUT2D eigenvalue weighted by Gasteiger charge is 2.54. The highest BCUT2D eigenvalue weighted by Crippen LogP contribution is 2.42. The highest BCUT2D eigenvalue weighted by molar-refractivity contribution is 7.10. The highest BCUT2D eigenvalue weighted by atomic mass is 32.1. The lowest BCUT2D eigenvalue weighted by molar-refractivity contribution is -0.141. The third-order valence-corrected chi connectivity index (χ3v) is 8.25. The van der Waals surface area contributed by atoms with Crippen LogP contribution in [-0.4, -0.2) is 47.3 Å². The molecule has 4 aliphatic rings. The van der Waals surface area contributed by atoms with Crippen LogP contribution in [0.15, 0.2) is 11.4 Å². The van der Waals surface area contributed by atoms with Crippen molar-refractivity contribution >= 4 is 29.2 Å². The van der Waals surface area contributed by atoms with Crippen LogP contribution >= 0.6 is 11.3 Å². The number of piperidine rings is 1. The molecule has 1 spiro atoms. The number of rotatable bonds is 2. The maximum Gasteiger partial charge on any atom is 0.325 e. The minimum absolute atomic E-state index is 0.0917. The molecule has 28 heavy (non-hydrogen) atoms. The number of nitrogens with one attached hydrogen (secondary N) is 1. The molecule has 4 amide bonds. The normalized spacial score (nSPS) is 32.3. The van der Waals surface area contributed by atoms with Crippen molar-refractivity contribution in [3.8, 4) is 0 Å². The lowest BCUT2D eigenvalue weighted by Gasteiger charge is -2.41. The number of hydrogen-bond donors (Lipinski definition) is 1. The van der Waals surface area contributed by atoms with E-state index in [-0.39, 0.29) is 18.4 Å². The fraction of sp³-hybridized carbons (Fsp3) is 0.667. The van der Waals surface area contributed by atoms with Crippen molar-refractivity contribution in [2.24, 2.45) is 11.8 Å². The number of carbonyl (C=O) groups is 3. The molecule has 1 aromatic rings. The number of likely N-dealkylation sites (tertiary alicyclic amines) is 1. The summed E-state index contributed by atoms with van der Waals surface area (Å²) >= 11 is 1.64. The monoisotopic (exact) mass is 401 g/mol. The maximum absolute atomic E-state index is 13.3. The lowest BCUT2D eigenvalue weighted by atomic mass is 9.75. The van der Waals surface area contributed by atoms with Crippen LogP contribution in [-0.2, 0) is 21.5 Å². The van der Waals surface area contributed by atoms with Gasteiger partial charge in [-0.1, -0.05) is 19.3 Å². The predicted molar refractivity (Wildman–Crippen MR) is 106 cm³/mol. The predicted octanol–water partition coefficient (Wildman–Crippen LogP) is 2.87. The summed E-state index contributed by atoms with van der Waals surface area (Å²) < 4.78 is 0. The van der Waals surface area contributed by atoms with Crippen LogP contribution < -0.4 is 5.32 Å². The average molecular weight is 402 g/mol. The topological polar surface area (TPSA) is 69.7 Å². The molecular formula is C21H27N3O3S. The number of aryl methyl sites for hydroxylation is 1. The van der Waals surface area contributed by atoms with Crippen LogP contribution in [0.3, 0.4) is 0 Å². The van der Waals surface area contributed by atoms with Gasteiger partial charge in [-0.2, -0.15) is 0 Å². The summed E-state index contributed by atoms with van der Waals surface area (Å²) in [6, 6.07) is 1.53. The molecule has 3 fully saturated rings. The molecule has 5 rings (SSSR count). The Morgan fingerprint density at radius 2 is 2.00 bits per heavy atom. The van der Waals surface area contributed by atoms with Crippen LogP contribution in [0.1, 0.15) is 55.4 Å². The molecule has 6 nitrogen and oxygen atoms in total. The van der Waals surface area contributed by atoms with Crippen molar-refractivity contribution in [1.29, 1.82) is 0 Å². The van der Waals surface area contributed by atoms with E-state index in [2.05, 4.69) is 5.32 Å². The van der Waals surface area contributed by atoms with Crippen LogP contribution in [0.2, 0.25) is 0 Å². The summed E-state index contributed by atoms with van der Waals surface area (Å²) in [4.78, 5) is 43.1. The molecule has 0 bridgehead atoms. The van der Waals surface area contributed by atoms with Crippen LogP contribution in [0.5, 0.6) is 0 Å². The smallest absolute Gasteiger partial charge is 0.325 e. The van der Waals surface area contributed by atoms with Gasteiger partial charge in [0.25, 0.3) is 5.91 Å². The van der Waals surface area contributed by atoms with Crippen LogP contribution in [0, 0.1) is 11.8 Å². The van der Waals surface area contributed by atoms with Gasteiger partial charge in [0, 0.05) is 23.5 Å². The number of imide groups is 1. The molecule has 0 unspecified atom stereocenters. The van der Waals surface area contributed by atoms with Crippen LogP contribution in [0.4, 0.5) is 4.79 Å². The van der Waals surface area contributed by atoms with Gasteiger partial charge in [-0.05, 0) is 55.4 Å². The summed E-state index contributed by atoms with van der Waals surface area (Å²) in [7, 11) is 0. The van der Waals surface area contributed by atoms with E-state index in [0.717, 1.165) is 48.7 Å². The van der Waals surface area contributed by atoms with Crippen molar-refractivity contribution in [1.82, 2.24) is 15.1 Å². The first-order valence-corrected chi connectivity index (χ1v) is 11.5. The molecule has 2 aliphatic carbocycles. The van der Waals surface area contributed by atoms with Crippen molar-refractivity contribution in [2.75, 3.05) is 19.6 Å². The van der Waals surface area contributed by atoms with E-state index in [9.17, 15) is 14.4 Å². The molecule has 2 saturated heterocycles. The van der Waals surface area contributed by atoms with E-state index in [4.69, 9.17) is 0 Å². The molecule has 150 valence electrons. The third kappa shape index (κ3) is 2.78. The van der Waals surface area contributed by atoms with E-state index < -0.39 is 11.6 Å². The fourth-order valence-corrected chi connectivity index (χ4v) is 6.75. The van der Waals surface area contributed by atoms with Crippen molar-refractivity contribution in [2.45, 2.75) is 56.9 Å². The maximum atomic E-state index is 13.3. The Kier molecular flexibility index (Phi) is 4.45. The largest absolute Gasteiger partial charge is 0.341 e. The van der Waals surface area contributed by atoms with Gasteiger partial charge < -0.3 is 10.2 Å². The fourth-order valence-electron chi connectivity index (χ4n) is 5.75. The summed E-state index contributed by atoms with van der Waals surface area (Å²) in [5, 5.41) is 4.92. The summed E-state index contributed by atoms with van der Waals surface area (Å²) in [6.07, 6.45) is 8.53. The van der Waals surface area contributed by atoms with Gasteiger partial charge in [0.1, 0.15) is 12.1 Å². The van der Waals surface area contributed by atoms with Gasteiger partial charge in [0.2, 0.25) is 5.91 Å². The van der Waals surface area contributed by atoms with E-state index in [1.807, 2.05) is 16.3 Å². The quantitative estimate of drug-likeness (QED) is 0.775. The molecule has 1 saturated carbocycles. The van der Waals surface area contributed by atoms with Crippen LogP contribution in [0.25, 0.3) is 0 Å². The molecule has 1 N–H and O–H groups in total. The number of nitrogens with zero attached hydrogens (tertiary/aromatic N) is 2. The zero-order valence-corrected chi connectivity index (χ0v) is 16.9. The van der Waals surface area contributed by atoms with Crippen molar-refractivity contribution < 1.29 is 14.4 Å². The Labute approximate surface area is 169 Å². The van der Waals surface area contributed by atoms with Gasteiger partial charge in [0.05, 0.1) is 0 Å². The Hall–Kier alpha value is -1.89. The minimum atomic E-state index is -0.957. The standard InChI is InChI=1S/C21H27N3O3S/c25-18(23-10-7-14-4-1-2-5-15(14)12-23)13-24-19(26)21(22-20(24)27)9-3-6-17-16(21)8-11-28-17/h8,11,14-15H,1-7,9-10,12-13H2,(H,22,27)/t14-,15+,21-/m0/s1. The Morgan fingerprint density at radius 3 is 2.86 bits per heavy atom. The van der Waals surface area contributed by atoms with E-state index in [1.54, 1.807) is 11.3 Å².